The maximum atomic E-state index is 12.3. The first-order valence-corrected chi connectivity index (χ1v) is 8.74. The molecule has 1 heterocycles. The minimum absolute atomic E-state index is 0.0458. The van der Waals surface area contributed by atoms with Gasteiger partial charge in [-0.1, -0.05) is 36.8 Å². The van der Waals surface area contributed by atoms with Gasteiger partial charge in [-0.05, 0) is 44.2 Å². The van der Waals surface area contributed by atoms with E-state index in [4.69, 9.17) is 0 Å². The minimum Gasteiger partial charge on any atom is -0.355 e. The molecule has 0 saturated carbocycles. The van der Waals surface area contributed by atoms with Gasteiger partial charge in [0.25, 0.3) is 0 Å². The van der Waals surface area contributed by atoms with Crippen LogP contribution in [0.3, 0.4) is 0 Å². The number of hydrogen-bond donors (Lipinski definition) is 2. The average Bonchev–Trinajstić information content (AvgIpc) is 2.93. The molecule has 1 saturated heterocycles. The van der Waals surface area contributed by atoms with E-state index in [9.17, 15) is 9.59 Å². The first kappa shape index (κ1) is 18.2. The number of carbonyl (C=O) groups excluding carboxylic acids is 2. The molecule has 1 fully saturated rings. The predicted molar refractivity (Wildman–Crippen MR) is 97.9 cm³/mol. The first-order valence-electron chi connectivity index (χ1n) is 8.74. The molecule has 2 amide bonds. The van der Waals surface area contributed by atoms with Gasteiger partial charge < -0.3 is 10.6 Å². The quantitative estimate of drug-likeness (QED) is 0.743. The van der Waals surface area contributed by atoms with Crippen LogP contribution in [-0.2, 0) is 9.59 Å². The van der Waals surface area contributed by atoms with Crippen LogP contribution >= 0.6 is 0 Å². The molecule has 0 aromatic heterocycles. The highest BCUT2D eigenvalue weighted by molar-refractivity contribution is 5.92. The number of rotatable bonds is 7. The van der Waals surface area contributed by atoms with Crippen molar-refractivity contribution in [1.29, 1.82) is 0 Å². The van der Waals surface area contributed by atoms with Gasteiger partial charge in [0, 0.05) is 31.0 Å². The Labute approximate surface area is 144 Å². The fourth-order valence-corrected chi connectivity index (χ4v) is 3.07. The molecule has 130 valence electrons. The maximum Gasteiger partial charge on any atom is 0.224 e. The van der Waals surface area contributed by atoms with E-state index in [2.05, 4.69) is 37.5 Å². The summed E-state index contributed by atoms with van der Waals surface area (Å²) < 4.78 is 0. The summed E-state index contributed by atoms with van der Waals surface area (Å²) in [6.07, 6.45) is 5.26. The highest BCUT2D eigenvalue weighted by atomic mass is 16.2. The number of hydrogen-bond acceptors (Lipinski definition) is 2. The molecule has 2 N–H and O–H groups in total. The van der Waals surface area contributed by atoms with E-state index in [-0.39, 0.29) is 17.7 Å². The average molecular weight is 328 g/mol. The van der Waals surface area contributed by atoms with Gasteiger partial charge in [-0.3, -0.25) is 9.59 Å². The summed E-state index contributed by atoms with van der Waals surface area (Å²) in [5.41, 5.74) is 3.20. The zero-order valence-corrected chi connectivity index (χ0v) is 14.9. The van der Waals surface area contributed by atoms with Gasteiger partial charge in [-0.2, -0.15) is 0 Å². The Balaban J connectivity index is 1.92. The Hall–Kier alpha value is -2.10. The zero-order chi connectivity index (χ0) is 17.5. The molecule has 0 aliphatic carbocycles. The van der Waals surface area contributed by atoms with Crippen molar-refractivity contribution in [3.63, 3.8) is 0 Å². The predicted octanol–water partition coefficient (Wildman–Crippen LogP) is 4.00. The molecule has 1 aromatic rings. The smallest absolute Gasteiger partial charge is 0.224 e. The van der Waals surface area contributed by atoms with E-state index in [1.54, 1.807) is 0 Å². The number of anilines is 1. The third kappa shape index (κ3) is 5.52. The van der Waals surface area contributed by atoms with E-state index < -0.39 is 0 Å². The van der Waals surface area contributed by atoms with Crippen LogP contribution in [0, 0.1) is 5.92 Å². The van der Waals surface area contributed by atoms with Crippen LogP contribution in [0.1, 0.15) is 57.9 Å². The van der Waals surface area contributed by atoms with Crippen LogP contribution in [-0.4, -0.2) is 18.4 Å². The molecule has 2 unspecified atom stereocenters. The SMILES string of the molecule is CC(C)=CCCC(C)CC(=O)Nc1ccccc1C1CNC(=O)C1. The van der Waals surface area contributed by atoms with Crippen LogP contribution in [0.5, 0.6) is 0 Å². The van der Waals surface area contributed by atoms with Crippen molar-refractivity contribution in [2.75, 3.05) is 11.9 Å². The Morgan fingerprint density at radius 1 is 1.38 bits per heavy atom. The molecule has 0 spiro atoms. The third-order valence-electron chi connectivity index (χ3n) is 4.40. The second kappa shape index (κ2) is 8.67. The fraction of sp³-hybridized carbons (Fsp3) is 0.500. The lowest BCUT2D eigenvalue weighted by Gasteiger charge is -2.16. The Bertz CT molecular complexity index is 618. The number of amides is 2. The van der Waals surface area contributed by atoms with Gasteiger partial charge in [0.05, 0.1) is 0 Å². The molecule has 1 aliphatic heterocycles. The minimum atomic E-state index is 0.0458. The van der Waals surface area contributed by atoms with Crippen LogP contribution in [0.4, 0.5) is 5.69 Å². The number of carbonyl (C=O) groups is 2. The lowest BCUT2D eigenvalue weighted by molar-refractivity contribution is -0.119. The van der Waals surface area contributed by atoms with Crippen molar-refractivity contribution in [2.24, 2.45) is 5.92 Å². The highest BCUT2D eigenvalue weighted by Crippen LogP contribution is 2.29. The Morgan fingerprint density at radius 3 is 2.79 bits per heavy atom. The van der Waals surface area contributed by atoms with Gasteiger partial charge >= 0.3 is 0 Å². The summed E-state index contributed by atoms with van der Waals surface area (Å²) in [6, 6.07) is 7.79. The molecule has 2 rings (SSSR count). The van der Waals surface area contributed by atoms with Crippen LogP contribution in [0.15, 0.2) is 35.9 Å². The van der Waals surface area contributed by atoms with Crippen molar-refractivity contribution < 1.29 is 9.59 Å². The zero-order valence-electron chi connectivity index (χ0n) is 14.9. The van der Waals surface area contributed by atoms with Crippen LogP contribution < -0.4 is 10.6 Å². The number of benzene rings is 1. The van der Waals surface area contributed by atoms with Crippen molar-refractivity contribution in [1.82, 2.24) is 5.32 Å². The fourth-order valence-electron chi connectivity index (χ4n) is 3.07. The number of allylic oxidation sites excluding steroid dienone is 2. The van der Waals surface area contributed by atoms with Crippen molar-refractivity contribution in [3.05, 3.63) is 41.5 Å². The van der Waals surface area contributed by atoms with Crippen molar-refractivity contribution in [2.45, 2.75) is 52.4 Å². The number of nitrogens with one attached hydrogen (secondary N) is 2. The van der Waals surface area contributed by atoms with E-state index in [0.717, 1.165) is 24.1 Å². The summed E-state index contributed by atoms with van der Waals surface area (Å²) in [7, 11) is 0. The van der Waals surface area contributed by atoms with Gasteiger partial charge in [0.1, 0.15) is 0 Å². The summed E-state index contributed by atoms with van der Waals surface area (Å²) >= 11 is 0. The molecule has 2 atom stereocenters. The highest BCUT2D eigenvalue weighted by Gasteiger charge is 2.25. The summed E-state index contributed by atoms with van der Waals surface area (Å²) in [4.78, 5) is 23.8. The van der Waals surface area contributed by atoms with Crippen molar-refractivity contribution >= 4 is 17.5 Å². The molecular weight excluding hydrogens is 300 g/mol. The van der Waals surface area contributed by atoms with E-state index >= 15 is 0 Å². The molecular formula is C20H28N2O2. The molecule has 1 aliphatic rings. The summed E-state index contributed by atoms with van der Waals surface area (Å²) in [5, 5.41) is 5.89. The molecule has 1 aromatic carbocycles. The standard InChI is InChI=1S/C20H28N2O2/c1-14(2)7-6-8-15(3)11-20(24)22-18-10-5-4-9-17(18)16-12-19(23)21-13-16/h4-5,7,9-10,15-16H,6,8,11-13H2,1-3H3,(H,21,23)(H,22,24). The van der Waals surface area contributed by atoms with Gasteiger partial charge in [0.15, 0.2) is 0 Å². The van der Waals surface area contributed by atoms with Gasteiger partial charge in [-0.25, -0.2) is 0 Å². The van der Waals surface area contributed by atoms with Crippen LogP contribution in [0.2, 0.25) is 0 Å². The normalized spacial score (nSPS) is 18.0. The lowest BCUT2D eigenvalue weighted by atomic mass is 9.96. The molecule has 24 heavy (non-hydrogen) atoms. The van der Waals surface area contributed by atoms with Gasteiger partial charge in [0.2, 0.25) is 11.8 Å². The van der Waals surface area contributed by atoms with E-state index in [0.29, 0.717) is 25.3 Å². The second-order valence-corrected chi connectivity index (χ2v) is 7.01. The third-order valence-corrected chi connectivity index (χ3v) is 4.40. The van der Waals surface area contributed by atoms with Crippen LogP contribution in [0.25, 0.3) is 0 Å². The topological polar surface area (TPSA) is 58.2 Å². The van der Waals surface area contributed by atoms with E-state index in [1.165, 1.54) is 5.57 Å². The second-order valence-electron chi connectivity index (χ2n) is 7.01. The summed E-state index contributed by atoms with van der Waals surface area (Å²) in [6.45, 7) is 6.95. The molecule has 0 radical (unpaired) electrons. The number of para-hydroxylation sites is 1. The Morgan fingerprint density at radius 2 is 2.12 bits per heavy atom. The Kier molecular flexibility index (Phi) is 6.59. The lowest BCUT2D eigenvalue weighted by Crippen LogP contribution is -2.17. The van der Waals surface area contributed by atoms with Gasteiger partial charge in [-0.15, -0.1) is 0 Å². The first-order chi connectivity index (χ1) is 11.5. The summed E-state index contributed by atoms with van der Waals surface area (Å²) in [5.74, 6) is 0.616. The molecule has 0 bridgehead atoms. The largest absolute Gasteiger partial charge is 0.355 e. The molecule has 4 heteroatoms. The monoisotopic (exact) mass is 328 g/mol. The maximum absolute atomic E-state index is 12.3. The van der Waals surface area contributed by atoms with Crippen molar-refractivity contribution in [3.8, 4) is 0 Å². The van der Waals surface area contributed by atoms with E-state index in [1.807, 2.05) is 24.3 Å². The molecule has 4 nitrogen and oxygen atoms in total.